The number of fused-ring (bicyclic) bond motifs is 2. The van der Waals surface area contributed by atoms with E-state index in [0.29, 0.717) is 0 Å². The van der Waals surface area contributed by atoms with Crippen LogP contribution in [0.5, 0.6) is 0 Å². The van der Waals surface area contributed by atoms with Gasteiger partial charge in [-0.3, -0.25) is 0 Å². The molecule has 122 valence electrons. The fourth-order valence-electron chi connectivity index (χ4n) is 4.13. The maximum absolute atomic E-state index is 4.50. The molecule has 4 heterocycles. The highest BCUT2D eigenvalue weighted by Gasteiger charge is 2.36. The van der Waals surface area contributed by atoms with E-state index in [-0.39, 0.29) is 0 Å². The zero-order chi connectivity index (χ0) is 16.1. The third-order valence-electron chi connectivity index (χ3n) is 5.54. The van der Waals surface area contributed by atoms with Crippen molar-refractivity contribution in [1.82, 2.24) is 20.1 Å². The molecular weight excluding hydrogens is 298 g/mol. The predicted octanol–water partition coefficient (Wildman–Crippen LogP) is 2.29. The van der Waals surface area contributed by atoms with Crippen molar-refractivity contribution >= 4 is 16.7 Å². The van der Waals surface area contributed by atoms with E-state index in [9.17, 15) is 0 Å². The molecule has 24 heavy (non-hydrogen) atoms. The van der Waals surface area contributed by atoms with Gasteiger partial charge in [0.2, 0.25) is 0 Å². The van der Waals surface area contributed by atoms with Gasteiger partial charge in [-0.2, -0.15) is 0 Å². The highest BCUT2D eigenvalue weighted by atomic mass is 15.3. The number of hydrogen-bond acceptors (Lipinski definition) is 4. The molecular formula is C19H21N5. The van der Waals surface area contributed by atoms with Crippen molar-refractivity contribution in [3.8, 4) is 11.3 Å². The van der Waals surface area contributed by atoms with Gasteiger partial charge in [-0.25, -0.2) is 0 Å². The predicted molar refractivity (Wildman–Crippen MR) is 96.0 cm³/mol. The maximum Gasteiger partial charge on any atom is 0.151 e. The van der Waals surface area contributed by atoms with Crippen molar-refractivity contribution in [3.63, 3.8) is 0 Å². The number of anilines is 1. The van der Waals surface area contributed by atoms with Gasteiger partial charge in [0.15, 0.2) is 5.82 Å². The molecule has 0 bridgehead atoms. The Labute approximate surface area is 141 Å². The largest absolute Gasteiger partial charge is 0.354 e. The molecule has 3 aromatic rings. The molecule has 2 fully saturated rings. The van der Waals surface area contributed by atoms with Crippen molar-refractivity contribution in [2.75, 3.05) is 31.1 Å². The maximum atomic E-state index is 4.50. The Morgan fingerprint density at radius 3 is 2.58 bits per heavy atom. The molecule has 5 nitrogen and oxygen atoms in total. The summed E-state index contributed by atoms with van der Waals surface area (Å²) in [6, 6.07) is 12.8. The molecule has 2 aliphatic rings. The Bertz CT molecular complexity index is 870. The lowest BCUT2D eigenvalue weighted by Gasteiger charge is -2.17. The first-order valence-electron chi connectivity index (χ1n) is 8.63. The third-order valence-corrected chi connectivity index (χ3v) is 5.54. The van der Waals surface area contributed by atoms with E-state index in [1.807, 2.05) is 0 Å². The SMILES string of the molecule is Cn1ccc2cc(-c3ccc(N4CC5CNCC5C4)nn3)ccc21. The van der Waals surface area contributed by atoms with Crippen molar-refractivity contribution in [3.05, 3.63) is 42.6 Å². The summed E-state index contributed by atoms with van der Waals surface area (Å²) in [5.74, 6) is 2.55. The Hall–Kier alpha value is -2.40. The summed E-state index contributed by atoms with van der Waals surface area (Å²) in [5, 5.41) is 13.7. The van der Waals surface area contributed by atoms with Crippen LogP contribution in [-0.4, -0.2) is 40.9 Å². The summed E-state index contributed by atoms with van der Waals surface area (Å²) in [7, 11) is 2.07. The number of aromatic nitrogens is 3. The minimum absolute atomic E-state index is 0.770. The smallest absolute Gasteiger partial charge is 0.151 e. The van der Waals surface area contributed by atoms with Crippen molar-refractivity contribution in [1.29, 1.82) is 0 Å². The van der Waals surface area contributed by atoms with Crippen LogP contribution >= 0.6 is 0 Å². The van der Waals surface area contributed by atoms with Crippen molar-refractivity contribution in [2.24, 2.45) is 18.9 Å². The number of hydrogen-bond donors (Lipinski definition) is 1. The molecule has 2 aliphatic heterocycles. The molecule has 5 heteroatoms. The average Bonchev–Trinajstić information content (AvgIpc) is 3.30. The molecule has 0 amide bonds. The van der Waals surface area contributed by atoms with Gasteiger partial charge < -0.3 is 14.8 Å². The summed E-state index contributed by atoms with van der Waals surface area (Å²) >= 11 is 0. The molecule has 2 aromatic heterocycles. The normalized spacial score (nSPS) is 23.1. The summed E-state index contributed by atoms with van der Waals surface area (Å²) in [5.41, 5.74) is 3.29. The van der Waals surface area contributed by atoms with Gasteiger partial charge in [0.05, 0.1) is 5.69 Å². The molecule has 0 saturated carbocycles. The second-order valence-corrected chi connectivity index (χ2v) is 7.06. The molecule has 2 unspecified atom stereocenters. The van der Waals surface area contributed by atoms with Gasteiger partial charge in [-0.15, -0.1) is 10.2 Å². The first kappa shape index (κ1) is 14.0. The monoisotopic (exact) mass is 319 g/mol. The number of aryl methyl sites for hydroxylation is 1. The van der Waals surface area contributed by atoms with E-state index in [2.05, 4.69) is 74.6 Å². The van der Waals surface area contributed by atoms with Crippen molar-refractivity contribution in [2.45, 2.75) is 0 Å². The van der Waals surface area contributed by atoms with Crippen LogP contribution in [0.25, 0.3) is 22.2 Å². The van der Waals surface area contributed by atoms with E-state index >= 15 is 0 Å². The van der Waals surface area contributed by atoms with Gasteiger partial charge >= 0.3 is 0 Å². The summed E-state index contributed by atoms with van der Waals surface area (Å²) in [6.45, 7) is 4.48. The molecule has 0 radical (unpaired) electrons. The minimum atomic E-state index is 0.770. The zero-order valence-electron chi connectivity index (χ0n) is 13.8. The molecule has 2 saturated heterocycles. The van der Waals surface area contributed by atoms with Gasteiger partial charge in [0.1, 0.15) is 0 Å². The quantitative estimate of drug-likeness (QED) is 0.787. The van der Waals surface area contributed by atoms with Crippen LogP contribution in [0.2, 0.25) is 0 Å². The van der Waals surface area contributed by atoms with Gasteiger partial charge in [0, 0.05) is 55.9 Å². The second kappa shape index (κ2) is 5.31. The molecule has 0 spiro atoms. The van der Waals surface area contributed by atoms with E-state index < -0.39 is 0 Å². The average molecular weight is 319 g/mol. The van der Waals surface area contributed by atoms with Crippen LogP contribution in [0, 0.1) is 11.8 Å². The molecule has 0 aliphatic carbocycles. The van der Waals surface area contributed by atoms with Crippen LogP contribution in [-0.2, 0) is 7.05 Å². The summed E-state index contributed by atoms with van der Waals surface area (Å²) in [6.07, 6.45) is 2.09. The van der Waals surface area contributed by atoms with Gasteiger partial charge in [0.25, 0.3) is 0 Å². The number of nitrogens with zero attached hydrogens (tertiary/aromatic N) is 4. The Kier molecular flexibility index (Phi) is 3.10. The third kappa shape index (κ3) is 2.19. The summed E-state index contributed by atoms with van der Waals surface area (Å²) in [4.78, 5) is 2.38. The number of nitrogens with one attached hydrogen (secondary N) is 1. The van der Waals surface area contributed by atoms with Crippen LogP contribution in [0.15, 0.2) is 42.6 Å². The number of rotatable bonds is 2. The van der Waals surface area contributed by atoms with E-state index in [1.54, 1.807) is 0 Å². The van der Waals surface area contributed by atoms with Crippen LogP contribution in [0.3, 0.4) is 0 Å². The van der Waals surface area contributed by atoms with E-state index in [1.165, 1.54) is 10.9 Å². The van der Waals surface area contributed by atoms with Crippen molar-refractivity contribution < 1.29 is 0 Å². The molecule has 5 rings (SSSR count). The topological polar surface area (TPSA) is 46.0 Å². The highest BCUT2D eigenvalue weighted by molar-refractivity contribution is 5.85. The zero-order valence-corrected chi connectivity index (χ0v) is 13.8. The van der Waals surface area contributed by atoms with Crippen LogP contribution in [0.4, 0.5) is 5.82 Å². The van der Waals surface area contributed by atoms with Crippen LogP contribution < -0.4 is 10.2 Å². The van der Waals surface area contributed by atoms with E-state index in [0.717, 1.165) is 55.1 Å². The fraction of sp³-hybridized carbons (Fsp3) is 0.368. The number of benzene rings is 1. The minimum Gasteiger partial charge on any atom is -0.354 e. The molecule has 2 atom stereocenters. The Morgan fingerprint density at radius 1 is 1.00 bits per heavy atom. The summed E-state index contributed by atoms with van der Waals surface area (Å²) < 4.78 is 2.13. The van der Waals surface area contributed by atoms with Crippen LogP contribution in [0.1, 0.15) is 0 Å². The van der Waals surface area contributed by atoms with Gasteiger partial charge in [-0.1, -0.05) is 6.07 Å². The lowest BCUT2D eigenvalue weighted by atomic mass is 10.0. The molecule has 1 aromatic carbocycles. The Morgan fingerprint density at radius 2 is 1.83 bits per heavy atom. The lowest BCUT2D eigenvalue weighted by Crippen LogP contribution is -2.26. The standard InChI is InChI=1S/C19H21N5/c1-23-7-6-14-8-13(2-4-18(14)23)17-3-5-19(22-21-17)24-11-15-9-20-10-16(15)12-24/h2-8,15-16,20H,9-12H2,1H3. The lowest BCUT2D eigenvalue weighted by molar-refractivity contribution is 0.533. The molecule has 1 N–H and O–H groups in total. The first-order valence-corrected chi connectivity index (χ1v) is 8.63. The highest BCUT2D eigenvalue weighted by Crippen LogP contribution is 2.30. The first-order chi connectivity index (χ1) is 11.8. The second-order valence-electron chi connectivity index (χ2n) is 7.06. The van der Waals surface area contributed by atoms with E-state index in [4.69, 9.17) is 0 Å². The van der Waals surface area contributed by atoms with Gasteiger partial charge in [-0.05, 0) is 42.2 Å². The fourth-order valence-corrected chi connectivity index (χ4v) is 4.13. The Balaban J connectivity index is 1.41.